The van der Waals surface area contributed by atoms with Crippen LogP contribution in [0.2, 0.25) is 0 Å². The fourth-order valence-corrected chi connectivity index (χ4v) is 3.41. The molecule has 1 aromatic rings. The van der Waals surface area contributed by atoms with E-state index in [0.29, 0.717) is 12.5 Å². The van der Waals surface area contributed by atoms with Gasteiger partial charge in [-0.3, -0.25) is 9.69 Å². The maximum Gasteiger partial charge on any atom is 0.238 e. The van der Waals surface area contributed by atoms with Crippen LogP contribution >= 0.6 is 0 Å². The third kappa shape index (κ3) is 4.69. The maximum atomic E-state index is 12.2. The lowest BCUT2D eigenvalue weighted by Gasteiger charge is -2.30. The van der Waals surface area contributed by atoms with Crippen LogP contribution in [0.25, 0.3) is 0 Å². The first kappa shape index (κ1) is 16.3. The molecular weight excluding hydrogens is 290 g/mol. The minimum Gasteiger partial charge on any atom is -0.378 e. The van der Waals surface area contributed by atoms with Crippen molar-refractivity contribution in [3.05, 3.63) is 24.3 Å². The third-order valence-corrected chi connectivity index (χ3v) is 4.64. The zero-order chi connectivity index (χ0) is 16.1. The number of likely N-dealkylation sites (tertiary alicyclic amines) is 1. The van der Waals surface area contributed by atoms with Crippen molar-refractivity contribution < 1.29 is 9.53 Å². The standard InChI is InChI=1S/C18H27N3O2/c1-15-3-2-8-20(13-15)14-18(22)19-16-4-6-17(7-5-16)21-9-11-23-12-10-21/h4-7,15H,2-3,8-14H2,1H3,(H,19,22)/t15-/m0/s1. The molecule has 0 aliphatic carbocycles. The number of anilines is 2. The van der Waals surface area contributed by atoms with Gasteiger partial charge in [-0.1, -0.05) is 6.92 Å². The Labute approximate surface area is 138 Å². The zero-order valence-corrected chi connectivity index (χ0v) is 14.0. The quantitative estimate of drug-likeness (QED) is 0.925. The van der Waals surface area contributed by atoms with Crippen LogP contribution in [0.15, 0.2) is 24.3 Å². The van der Waals surface area contributed by atoms with Gasteiger partial charge in [0.1, 0.15) is 0 Å². The molecule has 2 heterocycles. The summed E-state index contributed by atoms with van der Waals surface area (Å²) in [5, 5.41) is 3.01. The summed E-state index contributed by atoms with van der Waals surface area (Å²) in [6.45, 7) is 8.25. The summed E-state index contributed by atoms with van der Waals surface area (Å²) in [5.41, 5.74) is 2.06. The summed E-state index contributed by atoms with van der Waals surface area (Å²) < 4.78 is 5.37. The van der Waals surface area contributed by atoms with Crippen LogP contribution in [-0.4, -0.2) is 56.7 Å². The van der Waals surface area contributed by atoms with Crippen molar-refractivity contribution >= 4 is 17.3 Å². The number of rotatable bonds is 4. The molecule has 0 aromatic heterocycles. The maximum absolute atomic E-state index is 12.2. The smallest absolute Gasteiger partial charge is 0.238 e. The van der Waals surface area contributed by atoms with E-state index in [1.54, 1.807) is 0 Å². The highest BCUT2D eigenvalue weighted by molar-refractivity contribution is 5.92. The molecule has 1 aromatic carbocycles. The van der Waals surface area contributed by atoms with Gasteiger partial charge in [-0.05, 0) is 49.6 Å². The van der Waals surface area contributed by atoms with E-state index in [-0.39, 0.29) is 5.91 Å². The van der Waals surface area contributed by atoms with Crippen LogP contribution in [-0.2, 0) is 9.53 Å². The summed E-state index contributed by atoms with van der Waals surface area (Å²) in [6, 6.07) is 8.12. The minimum atomic E-state index is 0.0817. The number of nitrogens with zero attached hydrogens (tertiary/aromatic N) is 2. The molecular formula is C18H27N3O2. The van der Waals surface area contributed by atoms with Crippen molar-refractivity contribution in [1.82, 2.24) is 4.90 Å². The van der Waals surface area contributed by atoms with Gasteiger partial charge in [-0.25, -0.2) is 0 Å². The molecule has 0 radical (unpaired) electrons. The minimum absolute atomic E-state index is 0.0817. The highest BCUT2D eigenvalue weighted by Crippen LogP contribution is 2.19. The van der Waals surface area contributed by atoms with Crippen molar-refractivity contribution in [2.45, 2.75) is 19.8 Å². The molecule has 1 N–H and O–H groups in total. The van der Waals surface area contributed by atoms with Gasteiger partial charge >= 0.3 is 0 Å². The number of carbonyl (C=O) groups is 1. The number of ether oxygens (including phenoxy) is 1. The fraction of sp³-hybridized carbons (Fsp3) is 0.611. The van der Waals surface area contributed by atoms with Crippen LogP contribution in [0.4, 0.5) is 11.4 Å². The molecule has 2 aliphatic rings. The second-order valence-electron chi connectivity index (χ2n) is 6.68. The van der Waals surface area contributed by atoms with Gasteiger partial charge in [0, 0.05) is 31.0 Å². The highest BCUT2D eigenvalue weighted by atomic mass is 16.5. The first-order valence-electron chi connectivity index (χ1n) is 8.65. The predicted molar refractivity (Wildman–Crippen MR) is 92.9 cm³/mol. The largest absolute Gasteiger partial charge is 0.378 e. The monoisotopic (exact) mass is 317 g/mol. The van der Waals surface area contributed by atoms with Gasteiger partial charge in [-0.15, -0.1) is 0 Å². The van der Waals surface area contributed by atoms with Crippen LogP contribution in [0.3, 0.4) is 0 Å². The highest BCUT2D eigenvalue weighted by Gasteiger charge is 2.18. The van der Waals surface area contributed by atoms with E-state index in [1.807, 2.05) is 12.1 Å². The van der Waals surface area contributed by atoms with E-state index in [2.05, 4.69) is 34.2 Å². The molecule has 0 spiro atoms. The number of piperidine rings is 1. The van der Waals surface area contributed by atoms with E-state index in [9.17, 15) is 4.79 Å². The van der Waals surface area contributed by atoms with Crippen molar-refractivity contribution in [1.29, 1.82) is 0 Å². The summed E-state index contributed by atoms with van der Waals surface area (Å²) in [4.78, 5) is 16.8. The predicted octanol–water partition coefficient (Wildman–Crippen LogP) is 2.19. The van der Waals surface area contributed by atoms with Gasteiger partial charge in [0.05, 0.1) is 19.8 Å². The number of amides is 1. The van der Waals surface area contributed by atoms with Gasteiger partial charge < -0.3 is 15.0 Å². The molecule has 0 bridgehead atoms. The van der Waals surface area contributed by atoms with E-state index in [1.165, 1.54) is 18.5 Å². The number of hydrogen-bond donors (Lipinski definition) is 1. The van der Waals surface area contributed by atoms with E-state index >= 15 is 0 Å². The number of carbonyl (C=O) groups excluding carboxylic acids is 1. The normalized spacial score (nSPS) is 22.8. The Hall–Kier alpha value is -1.59. The molecule has 2 saturated heterocycles. The number of nitrogens with one attached hydrogen (secondary N) is 1. The SMILES string of the molecule is C[C@H]1CCCN(CC(=O)Nc2ccc(N3CCOCC3)cc2)C1. The molecule has 2 fully saturated rings. The Morgan fingerprint density at radius 3 is 2.65 bits per heavy atom. The zero-order valence-electron chi connectivity index (χ0n) is 14.0. The van der Waals surface area contributed by atoms with Crippen molar-refractivity contribution in [3.63, 3.8) is 0 Å². The van der Waals surface area contributed by atoms with Crippen LogP contribution in [0, 0.1) is 5.92 Å². The Balaban J connectivity index is 1.50. The fourth-order valence-electron chi connectivity index (χ4n) is 3.41. The lowest BCUT2D eigenvalue weighted by atomic mass is 10.0. The Bertz CT molecular complexity index is 512. The average Bonchev–Trinajstić information content (AvgIpc) is 2.56. The van der Waals surface area contributed by atoms with Gasteiger partial charge in [0.2, 0.25) is 5.91 Å². The molecule has 1 atom stereocenters. The second kappa shape index (κ2) is 7.79. The second-order valence-corrected chi connectivity index (χ2v) is 6.68. The summed E-state index contributed by atoms with van der Waals surface area (Å²) in [7, 11) is 0. The lowest BCUT2D eigenvalue weighted by Crippen LogP contribution is -2.39. The van der Waals surface area contributed by atoms with Gasteiger partial charge in [0.25, 0.3) is 0 Å². The van der Waals surface area contributed by atoms with Crippen LogP contribution in [0.1, 0.15) is 19.8 Å². The number of morpholine rings is 1. The van der Waals surface area contributed by atoms with Crippen molar-refractivity contribution in [2.75, 3.05) is 56.2 Å². The first-order chi connectivity index (χ1) is 11.2. The van der Waals surface area contributed by atoms with E-state index in [4.69, 9.17) is 4.74 Å². The molecule has 0 saturated carbocycles. The molecule has 1 amide bonds. The van der Waals surface area contributed by atoms with Gasteiger partial charge in [0.15, 0.2) is 0 Å². The number of benzene rings is 1. The van der Waals surface area contributed by atoms with Crippen molar-refractivity contribution in [2.24, 2.45) is 5.92 Å². The van der Waals surface area contributed by atoms with E-state index in [0.717, 1.165) is 45.1 Å². The Morgan fingerprint density at radius 1 is 1.22 bits per heavy atom. The van der Waals surface area contributed by atoms with Crippen LogP contribution < -0.4 is 10.2 Å². The average molecular weight is 317 g/mol. The Kier molecular flexibility index (Phi) is 5.51. The molecule has 5 nitrogen and oxygen atoms in total. The molecule has 2 aliphatic heterocycles. The summed E-state index contributed by atoms with van der Waals surface area (Å²) >= 11 is 0. The number of hydrogen-bond acceptors (Lipinski definition) is 4. The molecule has 3 rings (SSSR count). The molecule has 23 heavy (non-hydrogen) atoms. The molecule has 0 unspecified atom stereocenters. The third-order valence-electron chi connectivity index (χ3n) is 4.64. The summed E-state index contributed by atoms with van der Waals surface area (Å²) in [5.74, 6) is 0.780. The van der Waals surface area contributed by atoms with Crippen LogP contribution in [0.5, 0.6) is 0 Å². The lowest BCUT2D eigenvalue weighted by molar-refractivity contribution is -0.117. The first-order valence-corrected chi connectivity index (χ1v) is 8.65. The van der Waals surface area contributed by atoms with Crippen molar-refractivity contribution in [3.8, 4) is 0 Å². The van der Waals surface area contributed by atoms with Gasteiger partial charge in [-0.2, -0.15) is 0 Å². The topological polar surface area (TPSA) is 44.8 Å². The molecule has 126 valence electrons. The Morgan fingerprint density at radius 2 is 1.96 bits per heavy atom. The summed E-state index contributed by atoms with van der Waals surface area (Å²) in [6.07, 6.45) is 2.48. The van der Waals surface area contributed by atoms with E-state index < -0.39 is 0 Å². The molecule has 5 heteroatoms.